The summed E-state index contributed by atoms with van der Waals surface area (Å²) < 4.78 is 0. The zero-order valence-corrected chi connectivity index (χ0v) is 12.7. The molecule has 0 heterocycles. The maximum absolute atomic E-state index is 12.0. The quantitative estimate of drug-likeness (QED) is 0.461. The Morgan fingerprint density at radius 1 is 1.50 bits per heavy atom. The molecule has 7 nitrogen and oxygen atoms in total. The van der Waals surface area contributed by atoms with Gasteiger partial charge in [-0.3, -0.25) is 4.79 Å². The van der Waals surface area contributed by atoms with Crippen LogP contribution in [0.1, 0.15) is 53.4 Å². The Morgan fingerprint density at radius 3 is 2.60 bits per heavy atom. The monoisotopic (exact) mass is 287 g/mol. The standard InChI is InChI=1S/C13H25N3O4/c1-5-8-15(13(2,3)4)16(19)14-20-11-7-6-10(9-11)12(17)18/h10-11H,5-9H2,1-4H3,(H,17,18)/b16-14-/t10-,11+/m0/s1. The highest BCUT2D eigenvalue weighted by atomic mass is 16.7. The van der Waals surface area contributed by atoms with Crippen molar-refractivity contribution in [1.82, 2.24) is 5.01 Å². The molecule has 0 spiro atoms. The number of rotatable bonds is 6. The van der Waals surface area contributed by atoms with E-state index in [2.05, 4.69) is 5.28 Å². The van der Waals surface area contributed by atoms with Crippen LogP contribution in [0, 0.1) is 11.1 Å². The van der Waals surface area contributed by atoms with E-state index < -0.39 is 5.97 Å². The van der Waals surface area contributed by atoms with E-state index in [0.717, 1.165) is 6.42 Å². The third-order valence-electron chi connectivity index (χ3n) is 3.42. The normalized spacial score (nSPS) is 23.7. The third kappa shape index (κ3) is 4.54. The molecule has 2 atom stereocenters. The minimum absolute atomic E-state index is 0.281. The van der Waals surface area contributed by atoms with Gasteiger partial charge in [0.05, 0.1) is 23.0 Å². The molecule has 1 N–H and O–H groups in total. The summed E-state index contributed by atoms with van der Waals surface area (Å²) in [7, 11) is 0. The van der Waals surface area contributed by atoms with Crippen molar-refractivity contribution in [2.24, 2.45) is 11.2 Å². The molecule has 0 amide bonds. The highest BCUT2D eigenvalue weighted by molar-refractivity contribution is 5.70. The highest BCUT2D eigenvalue weighted by Gasteiger charge is 2.33. The predicted octanol–water partition coefficient (Wildman–Crippen LogP) is 2.56. The van der Waals surface area contributed by atoms with E-state index in [1.165, 1.54) is 0 Å². The molecular weight excluding hydrogens is 262 g/mol. The molecule has 0 aliphatic heterocycles. The van der Waals surface area contributed by atoms with Crippen molar-refractivity contribution in [3.8, 4) is 0 Å². The van der Waals surface area contributed by atoms with Gasteiger partial charge in [-0.05, 0) is 40.0 Å². The lowest BCUT2D eigenvalue weighted by Gasteiger charge is -2.30. The third-order valence-corrected chi connectivity index (χ3v) is 3.42. The second-order valence-corrected chi connectivity index (χ2v) is 6.20. The van der Waals surface area contributed by atoms with Crippen LogP contribution < -0.4 is 0 Å². The van der Waals surface area contributed by atoms with Gasteiger partial charge in [0.1, 0.15) is 6.10 Å². The smallest absolute Gasteiger partial charge is 0.306 e. The molecule has 0 saturated heterocycles. The second-order valence-electron chi connectivity index (χ2n) is 6.20. The Morgan fingerprint density at radius 2 is 2.15 bits per heavy atom. The Balaban J connectivity index is 2.58. The molecule has 1 aliphatic rings. The Labute approximate surface area is 119 Å². The lowest BCUT2D eigenvalue weighted by atomic mass is 10.1. The Bertz CT molecular complexity index is 365. The first-order valence-electron chi connectivity index (χ1n) is 7.10. The number of aliphatic carboxylic acids is 1. The molecule has 1 rings (SSSR count). The number of hydrazine groups is 1. The van der Waals surface area contributed by atoms with Crippen LogP contribution in [0.25, 0.3) is 0 Å². The molecule has 0 aromatic carbocycles. The maximum atomic E-state index is 12.0. The van der Waals surface area contributed by atoms with Gasteiger partial charge in [-0.2, -0.15) is 0 Å². The van der Waals surface area contributed by atoms with Gasteiger partial charge in [0.25, 0.3) is 0 Å². The number of hydrogen-bond acceptors (Lipinski definition) is 4. The maximum Gasteiger partial charge on any atom is 0.306 e. The van der Waals surface area contributed by atoms with E-state index in [0.29, 0.717) is 30.8 Å². The number of nitrogens with zero attached hydrogens (tertiary/aromatic N) is 3. The van der Waals surface area contributed by atoms with Gasteiger partial charge in [-0.1, -0.05) is 6.92 Å². The van der Waals surface area contributed by atoms with Gasteiger partial charge in [-0.15, -0.1) is 5.01 Å². The highest BCUT2D eigenvalue weighted by Crippen LogP contribution is 2.28. The average molecular weight is 287 g/mol. The number of hydrogen-bond donors (Lipinski definition) is 1. The minimum Gasteiger partial charge on any atom is -0.569 e. The number of carbonyl (C=O) groups is 1. The van der Waals surface area contributed by atoms with Crippen molar-refractivity contribution in [3.05, 3.63) is 5.21 Å². The van der Waals surface area contributed by atoms with Crippen LogP contribution in [-0.2, 0) is 9.63 Å². The zero-order chi connectivity index (χ0) is 15.3. The SMILES string of the molecule is CCCN(/[N+]([O-])=N/O[C@@H]1CC[C@H](C(=O)O)C1)C(C)(C)C. The van der Waals surface area contributed by atoms with Gasteiger partial charge >= 0.3 is 5.97 Å². The molecule has 0 bridgehead atoms. The molecule has 1 saturated carbocycles. The predicted molar refractivity (Wildman–Crippen MR) is 72.7 cm³/mol. The van der Waals surface area contributed by atoms with E-state index in [4.69, 9.17) is 9.94 Å². The van der Waals surface area contributed by atoms with E-state index >= 15 is 0 Å². The first-order chi connectivity index (χ1) is 9.25. The van der Waals surface area contributed by atoms with Crippen LogP contribution in [0.4, 0.5) is 0 Å². The number of carboxylic acids is 1. The summed E-state index contributed by atoms with van der Waals surface area (Å²) >= 11 is 0. The van der Waals surface area contributed by atoms with Crippen molar-refractivity contribution in [3.63, 3.8) is 0 Å². The van der Waals surface area contributed by atoms with Gasteiger partial charge in [0.2, 0.25) is 5.28 Å². The molecule has 20 heavy (non-hydrogen) atoms. The van der Waals surface area contributed by atoms with E-state index in [1.807, 2.05) is 27.7 Å². The topological polar surface area (TPSA) is 88.2 Å². The summed E-state index contributed by atoms with van der Waals surface area (Å²) in [5.41, 5.74) is -0.343. The van der Waals surface area contributed by atoms with E-state index in [9.17, 15) is 10.0 Å². The van der Waals surface area contributed by atoms with E-state index in [1.54, 1.807) is 5.01 Å². The summed E-state index contributed by atoms with van der Waals surface area (Å²) in [5.74, 6) is -1.19. The van der Waals surface area contributed by atoms with Crippen molar-refractivity contribution in [2.45, 2.75) is 65.0 Å². The molecule has 0 unspecified atom stereocenters. The summed E-state index contributed by atoms with van der Waals surface area (Å²) in [6.45, 7) is 8.36. The van der Waals surface area contributed by atoms with Crippen LogP contribution in [0.3, 0.4) is 0 Å². The van der Waals surface area contributed by atoms with Gasteiger partial charge < -0.3 is 15.2 Å². The van der Waals surface area contributed by atoms with Crippen LogP contribution in [0.2, 0.25) is 0 Å². The molecule has 0 radical (unpaired) electrons. The largest absolute Gasteiger partial charge is 0.569 e. The molecule has 0 aromatic rings. The van der Waals surface area contributed by atoms with Crippen LogP contribution in [0.15, 0.2) is 5.28 Å². The van der Waals surface area contributed by atoms with Gasteiger partial charge in [-0.25, -0.2) is 0 Å². The van der Waals surface area contributed by atoms with Crippen LogP contribution in [-0.4, -0.2) is 39.2 Å². The fraction of sp³-hybridized carbons (Fsp3) is 0.923. The van der Waals surface area contributed by atoms with Gasteiger partial charge in [0, 0.05) is 6.42 Å². The fourth-order valence-electron chi connectivity index (χ4n) is 2.30. The summed E-state index contributed by atoms with van der Waals surface area (Å²) in [6, 6.07) is 0. The molecule has 116 valence electrons. The number of carboxylic acid groups (broad SMARTS) is 1. The first kappa shape index (κ1) is 16.5. The molecule has 1 fully saturated rings. The molecule has 7 heteroatoms. The van der Waals surface area contributed by atoms with Crippen molar-refractivity contribution in [2.75, 3.05) is 6.54 Å². The van der Waals surface area contributed by atoms with Crippen molar-refractivity contribution < 1.29 is 19.7 Å². The molecular formula is C13H25N3O4. The van der Waals surface area contributed by atoms with E-state index in [-0.39, 0.29) is 17.6 Å². The summed E-state index contributed by atoms with van der Waals surface area (Å²) in [6.07, 6.45) is 2.16. The Kier molecular flexibility index (Phi) is 5.59. The van der Waals surface area contributed by atoms with Crippen molar-refractivity contribution >= 4 is 5.97 Å². The first-order valence-corrected chi connectivity index (χ1v) is 7.10. The molecule has 0 aromatic heterocycles. The molecule has 1 aliphatic carbocycles. The minimum atomic E-state index is -0.808. The van der Waals surface area contributed by atoms with Crippen LogP contribution >= 0.6 is 0 Å². The van der Waals surface area contributed by atoms with Crippen molar-refractivity contribution in [1.29, 1.82) is 0 Å². The van der Waals surface area contributed by atoms with Gasteiger partial charge in [0.15, 0.2) is 0 Å². The Hall–Kier alpha value is -1.53. The fourth-order valence-corrected chi connectivity index (χ4v) is 2.30. The van der Waals surface area contributed by atoms with Crippen LogP contribution in [0.5, 0.6) is 0 Å². The summed E-state index contributed by atoms with van der Waals surface area (Å²) in [5, 5.41) is 26.1. The zero-order valence-electron chi connectivity index (χ0n) is 12.7. The lowest BCUT2D eigenvalue weighted by molar-refractivity contribution is -0.726. The second kappa shape index (κ2) is 6.76. The average Bonchev–Trinajstić information content (AvgIpc) is 2.80. The lowest BCUT2D eigenvalue weighted by Crippen LogP contribution is -2.46. The summed E-state index contributed by atoms with van der Waals surface area (Å²) in [4.78, 5) is 16.5.